The van der Waals surface area contributed by atoms with Crippen LogP contribution in [0.5, 0.6) is 0 Å². The molecule has 0 aliphatic rings. The summed E-state index contributed by atoms with van der Waals surface area (Å²) in [6, 6.07) is 1.29. The summed E-state index contributed by atoms with van der Waals surface area (Å²) in [6.07, 6.45) is 0. The van der Waals surface area contributed by atoms with Crippen molar-refractivity contribution in [3.05, 3.63) is 22.2 Å². The standard InChI is InChI=1S/C8H8N4O3S/c1-15-3-5-10-8-9-4(7(13)14)2-6(16)12(8)11-5/h2H,3H2,1H3,(H,13,14)(H,9,10,11). The molecule has 2 rings (SSSR count). The number of carboxylic acid groups (broad SMARTS) is 1. The second kappa shape index (κ2) is 3.99. The molecule has 0 saturated carbocycles. The predicted octanol–water partition coefficient (Wildman–Crippen LogP) is 0.631. The third kappa shape index (κ3) is 1.79. The molecule has 0 amide bonds. The number of aromatic carboxylic acids is 1. The van der Waals surface area contributed by atoms with E-state index in [1.54, 1.807) is 0 Å². The average Bonchev–Trinajstić information content (AvgIpc) is 2.61. The summed E-state index contributed by atoms with van der Waals surface area (Å²) in [7, 11) is 1.53. The van der Waals surface area contributed by atoms with Gasteiger partial charge in [0, 0.05) is 13.2 Å². The summed E-state index contributed by atoms with van der Waals surface area (Å²) in [6.45, 7) is 0.278. The van der Waals surface area contributed by atoms with Crippen molar-refractivity contribution in [3.8, 4) is 0 Å². The maximum Gasteiger partial charge on any atom is 0.354 e. The number of ether oxygens (including phenoxy) is 1. The second-order valence-corrected chi connectivity index (χ2v) is 3.44. The van der Waals surface area contributed by atoms with Crippen molar-refractivity contribution in [2.45, 2.75) is 6.61 Å². The van der Waals surface area contributed by atoms with Crippen molar-refractivity contribution in [3.63, 3.8) is 0 Å². The molecule has 84 valence electrons. The smallest absolute Gasteiger partial charge is 0.354 e. The minimum Gasteiger partial charge on any atom is -0.477 e. The molecule has 0 aromatic carbocycles. The lowest BCUT2D eigenvalue weighted by Crippen LogP contribution is -2.03. The topological polar surface area (TPSA) is 92.5 Å². The number of aromatic nitrogens is 4. The lowest BCUT2D eigenvalue weighted by Gasteiger charge is -1.94. The lowest BCUT2D eigenvalue weighted by atomic mass is 10.4. The van der Waals surface area contributed by atoms with E-state index in [2.05, 4.69) is 15.1 Å². The predicted molar refractivity (Wildman–Crippen MR) is 55.8 cm³/mol. The molecule has 0 unspecified atom stereocenters. The van der Waals surface area contributed by atoms with Crippen molar-refractivity contribution in [2.75, 3.05) is 7.11 Å². The zero-order valence-electron chi connectivity index (χ0n) is 8.30. The average molecular weight is 240 g/mol. The summed E-state index contributed by atoms with van der Waals surface area (Å²) in [5.41, 5.74) is -0.125. The molecule has 8 heteroatoms. The van der Waals surface area contributed by atoms with Gasteiger partial charge in [0.15, 0.2) is 11.5 Å². The van der Waals surface area contributed by atoms with Gasteiger partial charge in [-0.15, -0.1) is 0 Å². The number of rotatable bonds is 3. The Labute approximate surface area is 94.7 Å². The number of carbonyl (C=O) groups is 1. The van der Waals surface area contributed by atoms with Crippen molar-refractivity contribution in [2.24, 2.45) is 0 Å². The van der Waals surface area contributed by atoms with E-state index in [0.29, 0.717) is 10.5 Å². The van der Waals surface area contributed by atoms with Gasteiger partial charge in [0.05, 0.1) is 0 Å². The Morgan fingerprint density at radius 3 is 3.06 bits per heavy atom. The third-order valence-electron chi connectivity index (χ3n) is 1.88. The van der Waals surface area contributed by atoms with Crippen LogP contribution in [0.25, 0.3) is 5.78 Å². The molecule has 0 saturated heterocycles. The highest BCUT2D eigenvalue weighted by Crippen LogP contribution is 2.04. The Morgan fingerprint density at radius 1 is 1.69 bits per heavy atom. The molecule has 0 aliphatic carbocycles. The van der Waals surface area contributed by atoms with E-state index in [1.807, 2.05) is 0 Å². The molecule has 0 fully saturated rings. The van der Waals surface area contributed by atoms with Gasteiger partial charge in [-0.25, -0.2) is 14.3 Å². The van der Waals surface area contributed by atoms with E-state index >= 15 is 0 Å². The van der Waals surface area contributed by atoms with Crippen LogP contribution in [0, 0.1) is 4.64 Å². The fourth-order valence-corrected chi connectivity index (χ4v) is 1.47. The van der Waals surface area contributed by atoms with E-state index in [0.717, 1.165) is 0 Å². The number of fused-ring (bicyclic) bond motifs is 1. The molecule has 7 nitrogen and oxygen atoms in total. The molecule has 0 radical (unpaired) electrons. The molecule has 2 aromatic rings. The van der Waals surface area contributed by atoms with Gasteiger partial charge in [0.25, 0.3) is 5.78 Å². The molecule has 2 heterocycles. The first-order valence-corrected chi connectivity index (χ1v) is 4.73. The number of methoxy groups -OCH3 is 1. The van der Waals surface area contributed by atoms with E-state index in [4.69, 9.17) is 22.1 Å². The number of hydrogen-bond acceptors (Lipinski definition) is 5. The zero-order valence-corrected chi connectivity index (χ0v) is 9.11. The van der Waals surface area contributed by atoms with Crippen molar-refractivity contribution in [1.29, 1.82) is 0 Å². The fourth-order valence-electron chi connectivity index (χ4n) is 1.24. The van der Waals surface area contributed by atoms with Crippen molar-refractivity contribution < 1.29 is 14.6 Å². The van der Waals surface area contributed by atoms with Crippen molar-refractivity contribution in [1.82, 2.24) is 19.6 Å². The number of aromatic amines is 1. The van der Waals surface area contributed by atoms with Gasteiger partial charge in [0.2, 0.25) is 0 Å². The molecule has 2 aromatic heterocycles. The molecular weight excluding hydrogens is 232 g/mol. The summed E-state index contributed by atoms with van der Waals surface area (Å²) in [4.78, 5) is 18.6. The highest BCUT2D eigenvalue weighted by atomic mass is 32.1. The van der Waals surface area contributed by atoms with E-state index in [-0.39, 0.29) is 18.1 Å². The van der Waals surface area contributed by atoms with Gasteiger partial charge in [-0.05, 0) is 0 Å². The van der Waals surface area contributed by atoms with Crippen LogP contribution in [0.15, 0.2) is 6.07 Å². The van der Waals surface area contributed by atoms with Gasteiger partial charge in [0.1, 0.15) is 11.2 Å². The Morgan fingerprint density at radius 2 is 2.44 bits per heavy atom. The molecular formula is C8H8N4O3S. The third-order valence-corrected chi connectivity index (χ3v) is 2.18. The second-order valence-electron chi connectivity index (χ2n) is 3.02. The first kappa shape index (κ1) is 10.7. The summed E-state index contributed by atoms with van der Waals surface area (Å²) in [5, 5.41) is 11.7. The molecule has 0 aliphatic heterocycles. The SMILES string of the molecule is COCc1nc2nc(C(=O)O)cc(=S)n2[nH]1. The summed E-state index contributed by atoms with van der Waals surface area (Å²) >= 11 is 5.01. The maximum absolute atomic E-state index is 10.7. The van der Waals surface area contributed by atoms with Crippen LogP contribution < -0.4 is 0 Å². The zero-order chi connectivity index (χ0) is 11.7. The summed E-state index contributed by atoms with van der Waals surface area (Å²) in [5.74, 6) is -0.384. The molecule has 0 atom stereocenters. The highest BCUT2D eigenvalue weighted by molar-refractivity contribution is 7.71. The number of nitrogens with zero attached hydrogens (tertiary/aromatic N) is 3. The molecule has 2 N–H and O–H groups in total. The van der Waals surface area contributed by atoms with Crippen LogP contribution in [0.2, 0.25) is 0 Å². The number of carboxylic acids is 1. The quantitative estimate of drug-likeness (QED) is 0.764. The van der Waals surface area contributed by atoms with E-state index in [9.17, 15) is 4.79 Å². The lowest BCUT2D eigenvalue weighted by molar-refractivity contribution is 0.0690. The first-order valence-electron chi connectivity index (χ1n) is 4.32. The Bertz CT molecular complexity index is 603. The fraction of sp³-hybridized carbons (Fsp3) is 0.250. The molecule has 0 bridgehead atoms. The first-order chi connectivity index (χ1) is 7.61. The minimum absolute atomic E-state index is 0.125. The highest BCUT2D eigenvalue weighted by Gasteiger charge is 2.10. The van der Waals surface area contributed by atoms with Crippen LogP contribution in [-0.4, -0.2) is 37.8 Å². The Hall–Kier alpha value is -1.80. The largest absolute Gasteiger partial charge is 0.477 e. The number of H-pyrrole nitrogens is 1. The van der Waals surface area contributed by atoms with Gasteiger partial charge in [-0.1, -0.05) is 12.2 Å². The minimum atomic E-state index is -1.13. The van der Waals surface area contributed by atoms with Gasteiger partial charge < -0.3 is 9.84 Å². The van der Waals surface area contributed by atoms with Crippen LogP contribution in [-0.2, 0) is 11.3 Å². The monoisotopic (exact) mass is 240 g/mol. The number of nitrogens with one attached hydrogen (secondary N) is 1. The van der Waals surface area contributed by atoms with Crippen LogP contribution in [0.4, 0.5) is 0 Å². The maximum atomic E-state index is 10.7. The van der Waals surface area contributed by atoms with Crippen LogP contribution in [0.3, 0.4) is 0 Å². The van der Waals surface area contributed by atoms with Gasteiger partial charge >= 0.3 is 5.97 Å². The van der Waals surface area contributed by atoms with Crippen LogP contribution >= 0.6 is 12.2 Å². The Kier molecular flexibility index (Phi) is 2.67. The Balaban J connectivity index is 2.63. The molecule has 16 heavy (non-hydrogen) atoms. The van der Waals surface area contributed by atoms with E-state index in [1.165, 1.54) is 17.7 Å². The van der Waals surface area contributed by atoms with Gasteiger partial charge in [-0.2, -0.15) is 4.98 Å². The normalized spacial score (nSPS) is 10.8. The van der Waals surface area contributed by atoms with Gasteiger partial charge in [-0.3, -0.25) is 5.10 Å². The van der Waals surface area contributed by atoms with Crippen LogP contribution in [0.1, 0.15) is 16.3 Å². The summed E-state index contributed by atoms with van der Waals surface area (Å²) < 4.78 is 6.62. The van der Waals surface area contributed by atoms with Crippen molar-refractivity contribution >= 4 is 24.0 Å². The number of hydrogen-bond donors (Lipinski definition) is 2. The molecule has 0 spiro atoms. The van der Waals surface area contributed by atoms with E-state index < -0.39 is 5.97 Å².